The van der Waals surface area contributed by atoms with E-state index in [1.165, 1.54) is 36.8 Å². The third-order valence-electron chi connectivity index (χ3n) is 3.81. The van der Waals surface area contributed by atoms with Crippen LogP contribution in [-0.2, 0) is 0 Å². The molecule has 1 nitrogen and oxygen atoms in total. The molecule has 0 heterocycles. The third-order valence-corrected chi connectivity index (χ3v) is 4.05. The summed E-state index contributed by atoms with van der Waals surface area (Å²) in [6.07, 6.45) is 5.28. The molecule has 1 fully saturated rings. The highest BCUT2D eigenvalue weighted by atomic mass is 35.5. The minimum Gasteiger partial charge on any atom is -0.310 e. The van der Waals surface area contributed by atoms with Gasteiger partial charge in [0.2, 0.25) is 0 Å². The molecule has 1 saturated carbocycles. The van der Waals surface area contributed by atoms with Gasteiger partial charge in [0.15, 0.2) is 0 Å². The molecule has 1 aromatic rings. The molecule has 0 bridgehead atoms. The Labute approximate surface area is 110 Å². The summed E-state index contributed by atoms with van der Waals surface area (Å²) in [5.74, 6) is 0.804. The summed E-state index contributed by atoms with van der Waals surface area (Å²) < 4.78 is 0. The zero-order valence-electron chi connectivity index (χ0n) is 10.8. The van der Waals surface area contributed by atoms with E-state index >= 15 is 0 Å². The highest BCUT2D eigenvalue weighted by molar-refractivity contribution is 6.30. The number of halogens is 1. The van der Waals surface area contributed by atoms with Crippen molar-refractivity contribution in [2.75, 3.05) is 6.54 Å². The van der Waals surface area contributed by atoms with Crippen LogP contribution in [0.2, 0.25) is 5.02 Å². The Bertz CT molecular complexity index is 371. The largest absolute Gasteiger partial charge is 0.310 e. The molecule has 0 aliphatic heterocycles. The summed E-state index contributed by atoms with van der Waals surface area (Å²) >= 11 is 6.13. The van der Waals surface area contributed by atoms with Crippen molar-refractivity contribution in [3.8, 4) is 0 Å². The second kappa shape index (κ2) is 5.88. The highest BCUT2D eigenvalue weighted by Gasteiger charge is 2.28. The molecule has 0 saturated heterocycles. The molecule has 1 aliphatic carbocycles. The van der Waals surface area contributed by atoms with Crippen LogP contribution >= 0.6 is 11.6 Å². The van der Waals surface area contributed by atoms with Gasteiger partial charge in [0.1, 0.15) is 0 Å². The average molecular weight is 252 g/mol. The fourth-order valence-corrected chi connectivity index (χ4v) is 2.73. The minimum atomic E-state index is 0.502. The van der Waals surface area contributed by atoms with Crippen molar-refractivity contribution < 1.29 is 0 Å². The number of hydrogen-bond donors (Lipinski definition) is 1. The quantitative estimate of drug-likeness (QED) is 0.813. The van der Waals surface area contributed by atoms with E-state index in [-0.39, 0.29) is 0 Å². The molecule has 0 radical (unpaired) electrons. The molecule has 2 heteroatoms. The molecular formula is C15H22ClN. The van der Waals surface area contributed by atoms with Gasteiger partial charge in [-0.3, -0.25) is 0 Å². The lowest BCUT2D eigenvalue weighted by molar-refractivity contribution is 0.230. The lowest BCUT2D eigenvalue weighted by atomic mass is 9.76. The zero-order chi connectivity index (χ0) is 12.3. The fourth-order valence-electron chi connectivity index (χ4n) is 2.55. The molecule has 1 N–H and O–H groups in total. The summed E-state index contributed by atoms with van der Waals surface area (Å²) in [5, 5.41) is 4.55. The van der Waals surface area contributed by atoms with Gasteiger partial charge in [0, 0.05) is 11.1 Å². The van der Waals surface area contributed by atoms with Gasteiger partial charge in [-0.05, 0) is 61.9 Å². The van der Waals surface area contributed by atoms with Crippen molar-refractivity contribution in [3.63, 3.8) is 0 Å². The highest BCUT2D eigenvalue weighted by Crippen LogP contribution is 2.39. The van der Waals surface area contributed by atoms with Crippen LogP contribution in [0, 0.1) is 12.8 Å². The molecule has 1 unspecified atom stereocenters. The van der Waals surface area contributed by atoms with E-state index in [9.17, 15) is 0 Å². The smallest absolute Gasteiger partial charge is 0.0409 e. The topological polar surface area (TPSA) is 12.0 Å². The molecule has 0 aromatic heterocycles. The van der Waals surface area contributed by atoms with Crippen molar-refractivity contribution in [1.29, 1.82) is 0 Å². The van der Waals surface area contributed by atoms with Gasteiger partial charge in [0.05, 0.1) is 0 Å². The number of benzene rings is 1. The van der Waals surface area contributed by atoms with Gasteiger partial charge < -0.3 is 5.32 Å². The Balaban J connectivity index is 2.20. The molecule has 0 amide bonds. The summed E-state index contributed by atoms with van der Waals surface area (Å²) in [5.41, 5.74) is 2.76. The first-order valence-corrected chi connectivity index (χ1v) is 7.09. The average Bonchev–Trinajstić information content (AvgIpc) is 2.25. The van der Waals surface area contributed by atoms with Crippen LogP contribution in [-0.4, -0.2) is 6.54 Å². The first-order valence-electron chi connectivity index (χ1n) is 6.71. The SMILES string of the molecule is CCCNC(c1cc(Cl)ccc1C)C1CCC1. The van der Waals surface area contributed by atoms with E-state index < -0.39 is 0 Å². The van der Waals surface area contributed by atoms with Gasteiger partial charge in [-0.2, -0.15) is 0 Å². The van der Waals surface area contributed by atoms with Crippen LogP contribution in [0.4, 0.5) is 0 Å². The van der Waals surface area contributed by atoms with Crippen molar-refractivity contribution >= 4 is 11.6 Å². The van der Waals surface area contributed by atoms with E-state index in [2.05, 4.69) is 31.3 Å². The predicted molar refractivity (Wildman–Crippen MR) is 74.6 cm³/mol. The predicted octanol–water partition coefficient (Wildman–Crippen LogP) is 4.49. The van der Waals surface area contributed by atoms with E-state index in [1.54, 1.807) is 0 Å². The molecule has 1 aliphatic rings. The summed E-state index contributed by atoms with van der Waals surface area (Å²) in [7, 11) is 0. The Kier molecular flexibility index (Phi) is 4.47. The Morgan fingerprint density at radius 1 is 1.41 bits per heavy atom. The molecule has 1 aromatic carbocycles. The lowest BCUT2D eigenvalue weighted by Gasteiger charge is -2.35. The zero-order valence-corrected chi connectivity index (χ0v) is 11.6. The van der Waals surface area contributed by atoms with E-state index in [0.717, 1.165) is 17.5 Å². The fraction of sp³-hybridized carbons (Fsp3) is 0.600. The molecule has 1 atom stereocenters. The van der Waals surface area contributed by atoms with Crippen molar-refractivity contribution in [3.05, 3.63) is 34.3 Å². The Morgan fingerprint density at radius 2 is 2.18 bits per heavy atom. The van der Waals surface area contributed by atoms with E-state index in [0.29, 0.717) is 6.04 Å². The normalized spacial score (nSPS) is 17.8. The standard InChI is InChI=1S/C15H22ClN/c1-3-9-17-15(12-5-4-6-12)14-10-13(16)8-7-11(14)2/h7-8,10,12,15,17H,3-6,9H2,1-2H3. The lowest BCUT2D eigenvalue weighted by Crippen LogP contribution is -2.33. The van der Waals surface area contributed by atoms with Crippen LogP contribution in [0.25, 0.3) is 0 Å². The van der Waals surface area contributed by atoms with Gasteiger partial charge in [-0.25, -0.2) is 0 Å². The number of hydrogen-bond acceptors (Lipinski definition) is 1. The van der Waals surface area contributed by atoms with Crippen molar-refractivity contribution in [2.24, 2.45) is 5.92 Å². The maximum absolute atomic E-state index is 6.13. The van der Waals surface area contributed by atoms with E-state index in [1.807, 2.05) is 6.07 Å². The molecule has 94 valence electrons. The maximum atomic E-state index is 6.13. The summed E-state index contributed by atoms with van der Waals surface area (Å²) in [6, 6.07) is 6.76. The van der Waals surface area contributed by atoms with E-state index in [4.69, 9.17) is 11.6 Å². The third kappa shape index (κ3) is 3.02. The van der Waals surface area contributed by atoms with Gasteiger partial charge in [-0.15, -0.1) is 0 Å². The first-order chi connectivity index (χ1) is 8.22. The molecule has 2 rings (SSSR count). The van der Waals surface area contributed by atoms with Crippen LogP contribution < -0.4 is 5.32 Å². The van der Waals surface area contributed by atoms with Crippen LogP contribution in [0.1, 0.15) is 49.8 Å². The first kappa shape index (κ1) is 12.9. The van der Waals surface area contributed by atoms with Gasteiger partial charge in [0.25, 0.3) is 0 Å². The van der Waals surface area contributed by atoms with Gasteiger partial charge >= 0.3 is 0 Å². The second-order valence-electron chi connectivity index (χ2n) is 5.12. The van der Waals surface area contributed by atoms with Gasteiger partial charge in [-0.1, -0.05) is 31.0 Å². The molecule has 17 heavy (non-hydrogen) atoms. The molecule has 0 spiro atoms. The van der Waals surface area contributed by atoms with Crippen LogP contribution in [0.15, 0.2) is 18.2 Å². The molecular weight excluding hydrogens is 230 g/mol. The number of aryl methyl sites for hydroxylation is 1. The minimum absolute atomic E-state index is 0.502. The number of nitrogens with one attached hydrogen (secondary N) is 1. The van der Waals surface area contributed by atoms with Crippen LogP contribution in [0.3, 0.4) is 0 Å². The summed E-state index contributed by atoms with van der Waals surface area (Å²) in [4.78, 5) is 0. The second-order valence-corrected chi connectivity index (χ2v) is 5.56. The Hall–Kier alpha value is -0.530. The van der Waals surface area contributed by atoms with Crippen molar-refractivity contribution in [2.45, 2.75) is 45.6 Å². The summed E-state index contributed by atoms with van der Waals surface area (Å²) in [6.45, 7) is 5.49. The van der Waals surface area contributed by atoms with Crippen LogP contribution in [0.5, 0.6) is 0 Å². The number of rotatable bonds is 5. The maximum Gasteiger partial charge on any atom is 0.0409 e. The van der Waals surface area contributed by atoms with Crippen molar-refractivity contribution in [1.82, 2.24) is 5.32 Å². The Morgan fingerprint density at radius 3 is 2.76 bits per heavy atom. The monoisotopic (exact) mass is 251 g/mol.